The van der Waals surface area contributed by atoms with Crippen LogP contribution in [0.4, 0.5) is 5.82 Å². The van der Waals surface area contributed by atoms with Crippen LogP contribution in [0.15, 0.2) is 66.0 Å². The Morgan fingerprint density at radius 2 is 1.83 bits per heavy atom. The van der Waals surface area contributed by atoms with Gasteiger partial charge in [-0.05, 0) is 18.2 Å². The number of aromatic amines is 1. The number of nitrogens with zero attached hydrogens (tertiary/aromatic N) is 4. The first-order valence-corrected chi connectivity index (χ1v) is 7.37. The molecule has 0 fully saturated rings. The smallest absolute Gasteiger partial charge is 0.167 e. The zero-order valence-corrected chi connectivity index (χ0v) is 12.6. The first-order valence-electron chi connectivity index (χ1n) is 7.37. The van der Waals surface area contributed by atoms with Crippen LogP contribution < -0.4 is 5.01 Å². The van der Waals surface area contributed by atoms with Gasteiger partial charge in [0.15, 0.2) is 5.82 Å². The lowest BCUT2D eigenvalue weighted by atomic mass is 10.2. The molecule has 2 aromatic heterocycles. The molecular weight excluding hydrogens is 286 g/mol. The van der Waals surface area contributed by atoms with E-state index in [1.54, 1.807) is 11.2 Å². The van der Waals surface area contributed by atoms with Crippen LogP contribution >= 0.6 is 0 Å². The molecule has 0 bridgehead atoms. The van der Waals surface area contributed by atoms with E-state index in [0.29, 0.717) is 5.82 Å². The van der Waals surface area contributed by atoms with Crippen LogP contribution in [-0.4, -0.2) is 28.2 Å². The molecule has 0 saturated heterocycles. The maximum atomic E-state index is 4.58. The van der Waals surface area contributed by atoms with Crippen LogP contribution in [0.2, 0.25) is 0 Å². The number of hydrazone groups is 1. The van der Waals surface area contributed by atoms with Crippen LogP contribution in [0, 0.1) is 0 Å². The van der Waals surface area contributed by atoms with Gasteiger partial charge in [0.1, 0.15) is 0 Å². The van der Waals surface area contributed by atoms with Gasteiger partial charge in [-0.2, -0.15) is 5.10 Å². The molecule has 0 aliphatic heterocycles. The Morgan fingerprint density at radius 3 is 2.74 bits per heavy atom. The number of H-pyrrole nitrogens is 1. The normalized spacial score (nSPS) is 11.5. The molecule has 0 unspecified atom stereocenters. The highest BCUT2D eigenvalue weighted by Gasteiger charge is 2.04. The summed E-state index contributed by atoms with van der Waals surface area (Å²) in [5.74, 6) is 0.708. The third-order valence-corrected chi connectivity index (χ3v) is 3.76. The van der Waals surface area contributed by atoms with Crippen molar-refractivity contribution in [1.29, 1.82) is 0 Å². The Balaban J connectivity index is 1.64. The number of rotatable bonds is 3. The summed E-state index contributed by atoms with van der Waals surface area (Å²) in [6.07, 6.45) is 5.51. The van der Waals surface area contributed by atoms with E-state index in [1.165, 1.54) is 0 Å². The Labute approximate surface area is 133 Å². The van der Waals surface area contributed by atoms with Crippen molar-refractivity contribution in [2.75, 3.05) is 12.1 Å². The molecule has 2 heterocycles. The zero-order valence-electron chi connectivity index (χ0n) is 12.6. The molecule has 4 aromatic rings. The average Bonchev–Trinajstić information content (AvgIpc) is 3.02. The number of para-hydroxylation sites is 3. The fourth-order valence-electron chi connectivity index (χ4n) is 2.51. The molecule has 0 aliphatic rings. The standard InChI is InChI=1S/C18H15N5/c1-23(18-12-20-16-8-4-5-9-17(16)22-18)21-11-13-10-19-15-7-3-2-6-14(13)15/h2-12,19H,1H3/b21-11-. The maximum absolute atomic E-state index is 4.58. The Kier molecular flexibility index (Phi) is 3.24. The van der Waals surface area contributed by atoms with E-state index in [-0.39, 0.29) is 0 Å². The number of nitrogens with one attached hydrogen (secondary N) is 1. The fraction of sp³-hybridized carbons (Fsp3) is 0.0556. The minimum atomic E-state index is 0.708. The molecule has 0 radical (unpaired) electrons. The highest BCUT2D eigenvalue weighted by atomic mass is 15.5. The SMILES string of the molecule is CN(/N=C\c1c[nH]c2ccccc12)c1cnc2ccccc2n1. The molecule has 0 spiro atoms. The van der Waals surface area contributed by atoms with Gasteiger partial charge in [0, 0.05) is 29.7 Å². The topological polar surface area (TPSA) is 57.2 Å². The molecule has 4 rings (SSSR count). The molecule has 5 nitrogen and oxygen atoms in total. The van der Waals surface area contributed by atoms with Crippen LogP contribution in [-0.2, 0) is 0 Å². The van der Waals surface area contributed by atoms with Crippen LogP contribution in [0.5, 0.6) is 0 Å². The molecule has 0 atom stereocenters. The van der Waals surface area contributed by atoms with Gasteiger partial charge in [-0.3, -0.25) is 4.98 Å². The van der Waals surface area contributed by atoms with E-state index in [4.69, 9.17) is 0 Å². The average molecular weight is 301 g/mol. The largest absolute Gasteiger partial charge is 0.361 e. The van der Waals surface area contributed by atoms with Crippen LogP contribution in [0.25, 0.3) is 21.9 Å². The molecule has 2 aromatic carbocycles. The number of hydrogen-bond donors (Lipinski definition) is 1. The third kappa shape index (κ3) is 2.53. The van der Waals surface area contributed by atoms with Gasteiger partial charge in [-0.25, -0.2) is 9.99 Å². The van der Waals surface area contributed by atoms with Gasteiger partial charge in [0.25, 0.3) is 0 Å². The van der Waals surface area contributed by atoms with Crippen molar-refractivity contribution < 1.29 is 0 Å². The van der Waals surface area contributed by atoms with Gasteiger partial charge < -0.3 is 4.98 Å². The molecule has 1 N–H and O–H groups in total. The van der Waals surface area contributed by atoms with Crippen molar-refractivity contribution in [3.8, 4) is 0 Å². The summed E-state index contributed by atoms with van der Waals surface area (Å²) in [5, 5.41) is 7.35. The second-order valence-electron chi connectivity index (χ2n) is 5.27. The summed E-state index contributed by atoms with van der Waals surface area (Å²) in [7, 11) is 1.87. The number of hydrogen-bond acceptors (Lipinski definition) is 4. The monoisotopic (exact) mass is 301 g/mol. The first kappa shape index (κ1) is 13.5. The quantitative estimate of drug-likeness (QED) is 0.465. The van der Waals surface area contributed by atoms with Crippen LogP contribution in [0.3, 0.4) is 0 Å². The lowest BCUT2D eigenvalue weighted by Gasteiger charge is -2.11. The molecule has 23 heavy (non-hydrogen) atoms. The summed E-state index contributed by atoms with van der Waals surface area (Å²) in [5.41, 5.74) is 3.88. The minimum Gasteiger partial charge on any atom is -0.361 e. The minimum absolute atomic E-state index is 0.708. The van der Waals surface area contributed by atoms with E-state index in [1.807, 2.05) is 61.9 Å². The zero-order chi connectivity index (χ0) is 15.6. The maximum Gasteiger partial charge on any atom is 0.167 e. The van der Waals surface area contributed by atoms with Crippen molar-refractivity contribution in [2.45, 2.75) is 0 Å². The number of anilines is 1. The van der Waals surface area contributed by atoms with Gasteiger partial charge in [-0.1, -0.05) is 30.3 Å². The summed E-state index contributed by atoms with van der Waals surface area (Å²) < 4.78 is 0. The van der Waals surface area contributed by atoms with Crippen molar-refractivity contribution in [1.82, 2.24) is 15.0 Å². The Morgan fingerprint density at radius 1 is 1.04 bits per heavy atom. The van der Waals surface area contributed by atoms with Crippen molar-refractivity contribution in [2.24, 2.45) is 5.10 Å². The Hall–Kier alpha value is -3.21. The van der Waals surface area contributed by atoms with Gasteiger partial charge >= 0.3 is 0 Å². The van der Waals surface area contributed by atoms with Gasteiger partial charge in [0.05, 0.1) is 23.4 Å². The number of benzene rings is 2. The highest BCUT2D eigenvalue weighted by Crippen LogP contribution is 2.17. The second kappa shape index (κ2) is 5.53. The second-order valence-corrected chi connectivity index (χ2v) is 5.27. The Bertz CT molecular complexity index is 1000. The molecule has 112 valence electrons. The molecule has 5 heteroatoms. The number of aromatic nitrogens is 3. The number of fused-ring (bicyclic) bond motifs is 2. The lowest BCUT2D eigenvalue weighted by Crippen LogP contribution is -2.11. The van der Waals surface area contributed by atoms with E-state index >= 15 is 0 Å². The van der Waals surface area contributed by atoms with Crippen molar-refractivity contribution in [3.63, 3.8) is 0 Å². The van der Waals surface area contributed by atoms with E-state index in [2.05, 4.69) is 26.1 Å². The fourth-order valence-corrected chi connectivity index (χ4v) is 2.51. The molecule has 0 aliphatic carbocycles. The van der Waals surface area contributed by atoms with Crippen molar-refractivity contribution >= 4 is 34.0 Å². The summed E-state index contributed by atoms with van der Waals surface area (Å²) in [4.78, 5) is 12.2. The predicted octanol–water partition coefficient (Wildman–Crippen LogP) is 3.58. The summed E-state index contributed by atoms with van der Waals surface area (Å²) >= 11 is 0. The highest BCUT2D eigenvalue weighted by molar-refractivity contribution is 5.99. The summed E-state index contributed by atoms with van der Waals surface area (Å²) in [6, 6.07) is 16.0. The molecular formula is C18H15N5. The third-order valence-electron chi connectivity index (χ3n) is 3.76. The van der Waals surface area contributed by atoms with E-state index in [9.17, 15) is 0 Å². The van der Waals surface area contributed by atoms with Crippen molar-refractivity contribution in [3.05, 3.63) is 66.5 Å². The van der Waals surface area contributed by atoms with Gasteiger partial charge in [-0.15, -0.1) is 0 Å². The predicted molar refractivity (Wildman–Crippen MR) is 93.8 cm³/mol. The van der Waals surface area contributed by atoms with Gasteiger partial charge in [0.2, 0.25) is 0 Å². The lowest BCUT2D eigenvalue weighted by molar-refractivity contribution is 0.981. The molecule has 0 amide bonds. The van der Waals surface area contributed by atoms with E-state index < -0.39 is 0 Å². The summed E-state index contributed by atoms with van der Waals surface area (Å²) in [6.45, 7) is 0. The first-order chi connectivity index (χ1) is 11.3. The molecule has 0 saturated carbocycles. The van der Waals surface area contributed by atoms with E-state index in [0.717, 1.165) is 27.5 Å². The van der Waals surface area contributed by atoms with Crippen LogP contribution in [0.1, 0.15) is 5.56 Å².